The van der Waals surface area contributed by atoms with E-state index in [9.17, 15) is 14.4 Å². The summed E-state index contributed by atoms with van der Waals surface area (Å²) < 4.78 is 4.91. The highest BCUT2D eigenvalue weighted by atomic mass is 16.5. The number of unbranched alkanes of at least 4 members (excludes halogenated alkanes) is 3. The zero-order valence-electron chi connectivity index (χ0n) is 15.3. The fourth-order valence-corrected chi connectivity index (χ4v) is 3.46. The zero-order chi connectivity index (χ0) is 18.4. The molecule has 0 bridgehead atoms. The number of hydrogen-bond acceptors (Lipinski definition) is 4. The van der Waals surface area contributed by atoms with Gasteiger partial charge in [0.1, 0.15) is 6.29 Å². The highest BCUT2D eigenvalue weighted by molar-refractivity contribution is 6.09. The zero-order valence-corrected chi connectivity index (χ0v) is 15.3. The molecule has 1 aromatic rings. The molecule has 0 spiro atoms. The quantitative estimate of drug-likeness (QED) is 0.389. The first kappa shape index (κ1) is 19.2. The second kappa shape index (κ2) is 8.28. The third-order valence-corrected chi connectivity index (χ3v) is 4.72. The number of amides is 1. The predicted molar refractivity (Wildman–Crippen MR) is 96.9 cm³/mol. The van der Waals surface area contributed by atoms with Crippen molar-refractivity contribution in [1.82, 2.24) is 0 Å². The highest BCUT2D eigenvalue weighted by Gasteiger charge is 2.44. The Morgan fingerprint density at radius 3 is 2.60 bits per heavy atom. The van der Waals surface area contributed by atoms with Crippen LogP contribution >= 0.6 is 0 Å². The maximum atomic E-state index is 12.8. The van der Waals surface area contributed by atoms with Crippen molar-refractivity contribution in [2.75, 3.05) is 18.1 Å². The molecule has 0 aromatic heterocycles. The average molecular weight is 345 g/mol. The van der Waals surface area contributed by atoms with E-state index in [-0.39, 0.29) is 11.9 Å². The predicted octanol–water partition coefficient (Wildman–Crippen LogP) is 3.64. The molecule has 1 aliphatic heterocycles. The van der Waals surface area contributed by atoms with Crippen molar-refractivity contribution in [1.29, 1.82) is 0 Å². The Kier molecular flexibility index (Phi) is 6.34. The van der Waals surface area contributed by atoms with E-state index in [1.54, 1.807) is 17.9 Å². The second-order valence-corrected chi connectivity index (χ2v) is 6.91. The third kappa shape index (κ3) is 4.09. The fraction of sp³-hybridized carbons (Fsp3) is 0.550. The Bertz CT molecular complexity index is 651. The smallest absolute Gasteiger partial charge is 0.305 e. The topological polar surface area (TPSA) is 63.7 Å². The van der Waals surface area contributed by atoms with Crippen LogP contribution in [0.4, 0.5) is 5.69 Å². The lowest BCUT2D eigenvalue weighted by Gasteiger charge is -2.20. The van der Waals surface area contributed by atoms with E-state index in [2.05, 4.69) is 0 Å². The maximum absolute atomic E-state index is 12.8. The molecule has 0 atom stereocenters. The first-order valence-electron chi connectivity index (χ1n) is 8.99. The molecule has 25 heavy (non-hydrogen) atoms. The fourth-order valence-electron chi connectivity index (χ4n) is 3.46. The van der Waals surface area contributed by atoms with Crippen LogP contribution in [0.5, 0.6) is 0 Å². The lowest BCUT2D eigenvalue weighted by atomic mass is 9.83. The summed E-state index contributed by atoms with van der Waals surface area (Å²) >= 11 is 0. The Morgan fingerprint density at radius 2 is 1.92 bits per heavy atom. The number of anilines is 1. The summed E-state index contributed by atoms with van der Waals surface area (Å²) in [5, 5.41) is 0. The minimum atomic E-state index is -0.670. The molecule has 136 valence electrons. The van der Waals surface area contributed by atoms with Crippen LogP contribution in [0.15, 0.2) is 18.2 Å². The molecular formula is C20H27NO4. The molecule has 0 aliphatic carbocycles. The number of ether oxygens (including phenoxy) is 1. The van der Waals surface area contributed by atoms with Crippen molar-refractivity contribution in [2.45, 2.75) is 58.3 Å². The Hall–Kier alpha value is -2.17. The number of esters is 1. The number of carbonyl (C=O) groups is 3. The first-order chi connectivity index (χ1) is 11.9. The molecule has 0 unspecified atom stereocenters. The molecule has 5 nitrogen and oxygen atoms in total. The molecule has 0 saturated carbocycles. The molecule has 0 fully saturated rings. The summed E-state index contributed by atoms with van der Waals surface area (Å²) in [7, 11) is 0. The van der Waals surface area contributed by atoms with Crippen LogP contribution in [0.1, 0.15) is 68.8 Å². The molecule has 1 heterocycles. The standard InChI is InChI=1S/C20H27NO4/c1-4-25-17(23)12-7-5-6-8-13-21-16-11-9-10-15(14-22)18(16)20(2,3)19(21)24/h9-11,14H,4-8,12-13H2,1-3H3. The van der Waals surface area contributed by atoms with E-state index < -0.39 is 5.41 Å². The van der Waals surface area contributed by atoms with Crippen molar-refractivity contribution < 1.29 is 19.1 Å². The van der Waals surface area contributed by atoms with E-state index >= 15 is 0 Å². The van der Waals surface area contributed by atoms with Gasteiger partial charge in [-0.1, -0.05) is 25.0 Å². The summed E-state index contributed by atoms with van der Waals surface area (Å²) in [6.45, 7) is 6.62. The van der Waals surface area contributed by atoms with Gasteiger partial charge in [-0.25, -0.2) is 0 Å². The van der Waals surface area contributed by atoms with Crippen molar-refractivity contribution in [3.8, 4) is 0 Å². The Balaban J connectivity index is 1.91. The molecular weight excluding hydrogens is 318 g/mol. The van der Waals surface area contributed by atoms with Crippen molar-refractivity contribution in [2.24, 2.45) is 0 Å². The van der Waals surface area contributed by atoms with Gasteiger partial charge >= 0.3 is 5.97 Å². The van der Waals surface area contributed by atoms with Crippen LogP contribution in [-0.2, 0) is 19.7 Å². The molecule has 1 aromatic carbocycles. The van der Waals surface area contributed by atoms with Gasteiger partial charge in [-0.3, -0.25) is 14.4 Å². The van der Waals surface area contributed by atoms with E-state index in [0.29, 0.717) is 25.1 Å². The van der Waals surface area contributed by atoms with E-state index in [0.717, 1.165) is 43.2 Å². The second-order valence-electron chi connectivity index (χ2n) is 6.91. The van der Waals surface area contributed by atoms with Crippen LogP contribution < -0.4 is 4.90 Å². The SMILES string of the molecule is CCOC(=O)CCCCCCN1C(=O)C(C)(C)c2c(C=O)cccc21. The number of aldehydes is 1. The lowest BCUT2D eigenvalue weighted by molar-refractivity contribution is -0.143. The minimum absolute atomic E-state index is 0.0447. The van der Waals surface area contributed by atoms with Gasteiger partial charge in [0, 0.05) is 29.8 Å². The summed E-state index contributed by atoms with van der Waals surface area (Å²) in [6.07, 6.45) is 4.85. The molecule has 1 aliphatic rings. The van der Waals surface area contributed by atoms with E-state index in [1.165, 1.54) is 0 Å². The Labute approximate surface area is 149 Å². The summed E-state index contributed by atoms with van der Waals surface area (Å²) in [5.74, 6) is -0.0994. The largest absolute Gasteiger partial charge is 0.466 e. The summed E-state index contributed by atoms with van der Waals surface area (Å²) in [4.78, 5) is 37.2. The van der Waals surface area contributed by atoms with Gasteiger partial charge < -0.3 is 9.64 Å². The van der Waals surface area contributed by atoms with Crippen LogP contribution in [0, 0.1) is 0 Å². The van der Waals surface area contributed by atoms with Gasteiger partial charge in [0.25, 0.3) is 0 Å². The molecule has 1 amide bonds. The van der Waals surface area contributed by atoms with Crippen molar-refractivity contribution >= 4 is 23.9 Å². The third-order valence-electron chi connectivity index (χ3n) is 4.72. The van der Waals surface area contributed by atoms with Gasteiger partial charge in [0.05, 0.1) is 12.0 Å². The van der Waals surface area contributed by atoms with Gasteiger partial charge in [-0.15, -0.1) is 0 Å². The molecule has 0 radical (unpaired) electrons. The maximum Gasteiger partial charge on any atom is 0.305 e. The molecule has 0 saturated heterocycles. The van der Waals surface area contributed by atoms with Crippen LogP contribution in [0.2, 0.25) is 0 Å². The summed E-state index contributed by atoms with van der Waals surface area (Å²) in [5.41, 5.74) is 1.60. The number of hydrogen-bond donors (Lipinski definition) is 0. The van der Waals surface area contributed by atoms with Crippen LogP contribution in [0.25, 0.3) is 0 Å². The number of nitrogens with zero attached hydrogens (tertiary/aromatic N) is 1. The number of benzene rings is 1. The lowest BCUT2D eigenvalue weighted by Crippen LogP contribution is -2.36. The number of carbonyl (C=O) groups excluding carboxylic acids is 3. The monoisotopic (exact) mass is 345 g/mol. The highest BCUT2D eigenvalue weighted by Crippen LogP contribution is 2.43. The number of fused-ring (bicyclic) bond motifs is 1. The van der Waals surface area contributed by atoms with Crippen LogP contribution in [-0.4, -0.2) is 31.3 Å². The average Bonchev–Trinajstić information content (AvgIpc) is 2.78. The van der Waals surface area contributed by atoms with Gasteiger partial charge in [-0.05, 0) is 39.7 Å². The van der Waals surface area contributed by atoms with Crippen molar-refractivity contribution in [3.63, 3.8) is 0 Å². The molecule has 0 N–H and O–H groups in total. The first-order valence-corrected chi connectivity index (χ1v) is 8.99. The van der Waals surface area contributed by atoms with Gasteiger partial charge in [0.15, 0.2) is 0 Å². The van der Waals surface area contributed by atoms with Gasteiger partial charge in [0.2, 0.25) is 5.91 Å². The van der Waals surface area contributed by atoms with E-state index in [1.807, 2.05) is 26.0 Å². The molecule has 2 rings (SSSR count). The van der Waals surface area contributed by atoms with Gasteiger partial charge in [-0.2, -0.15) is 0 Å². The summed E-state index contributed by atoms with van der Waals surface area (Å²) in [6, 6.07) is 5.50. The number of rotatable bonds is 9. The van der Waals surface area contributed by atoms with Crippen molar-refractivity contribution in [3.05, 3.63) is 29.3 Å². The minimum Gasteiger partial charge on any atom is -0.466 e. The normalized spacial score (nSPS) is 15.2. The van der Waals surface area contributed by atoms with Crippen LogP contribution in [0.3, 0.4) is 0 Å². The van der Waals surface area contributed by atoms with E-state index in [4.69, 9.17) is 4.74 Å². The Morgan fingerprint density at radius 1 is 1.20 bits per heavy atom. The molecule has 5 heteroatoms.